The van der Waals surface area contributed by atoms with Gasteiger partial charge in [-0.1, -0.05) is 146 Å². The molecule has 0 amide bonds. The van der Waals surface area contributed by atoms with Gasteiger partial charge in [0.15, 0.2) is 11.7 Å². The molecule has 0 radical (unpaired) electrons. The number of fused-ring (bicyclic) bond motifs is 6. The molecular formula is C45H30N4S. The van der Waals surface area contributed by atoms with E-state index in [9.17, 15) is 0 Å². The van der Waals surface area contributed by atoms with Gasteiger partial charge in [-0.15, -0.1) is 11.3 Å². The first kappa shape index (κ1) is 29.7. The second-order valence-electron chi connectivity index (χ2n) is 12.2. The van der Waals surface area contributed by atoms with Crippen LogP contribution in [0.3, 0.4) is 0 Å². The molecule has 7 aromatic carbocycles. The summed E-state index contributed by atoms with van der Waals surface area (Å²) in [5.41, 5.74) is 8.42. The SMILES string of the molecule is N=C(N=C(N=Cn1c2ccccc2c2ccc(-c3cccc(-c4cccc5c4sc4ccccc45)c3)cc21)c1ccccc1)c1ccccc1. The van der Waals surface area contributed by atoms with Gasteiger partial charge in [-0.2, -0.15) is 0 Å². The van der Waals surface area contributed by atoms with E-state index in [0.29, 0.717) is 5.84 Å². The highest BCUT2D eigenvalue weighted by molar-refractivity contribution is 7.26. The first-order valence-corrected chi connectivity index (χ1v) is 17.4. The van der Waals surface area contributed by atoms with Crippen LogP contribution in [0.15, 0.2) is 180 Å². The summed E-state index contributed by atoms with van der Waals surface area (Å²) in [6.07, 6.45) is 1.84. The van der Waals surface area contributed by atoms with Crippen LogP contribution >= 0.6 is 11.3 Å². The van der Waals surface area contributed by atoms with Crippen LogP contribution in [-0.2, 0) is 0 Å². The molecule has 0 saturated carbocycles. The predicted octanol–water partition coefficient (Wildman–Crippen LogP) is 11.8. The minimum absolute atomic E-state index is 0.164. The quantitative estimate of drug-likeness (QED) is 0.141. The van der Waals surface area contributed by atoms with Crippen LogP contribution in [0, 0.1) is 5.41 Å². The van der Waals surface area contributed by atoms with Crippen molar-refractivity contribution < 1.29 is 0 Å². The second kappa shape index (κ2) is 12.5. The van der Waals surface area contributed by atoms with Crippen molar-refractivity contribution in [3.05, 3.63) is 181 Å². The molecule has 1 N–H and O–H groups in total. The highest BCUT2D eigenvalue weighted by Crippen LogP contribution is 2.41. The Morgan fingerprint density at radius 1 is 0.520 bits per heavy atom. The molecule has 0 aliphatic carbocycles. The number of amidine groups is 2. The van der Waals surface area contributed by atoms with Crippen molar-refractivity contribution in [2.24, 2.45) is 9.98 Å². The van der Waals surface area contributed by atoms with Gasteiger partial charge in [0.2, 0.25) is 0 Å². The van der Waals surface area contributed by atoms with E-state index in [1.165, 1.54) is 31.3 Å². The van der Waals surface area contributed by atoms with Crippen LogP contribution in [-0.4, -0.2) is 22.6 Å². The van der Waals surface area contributed by atoms with Crippen molar-refractivity contribution in [3.63, 3.8) is 0 Å². The molecule has 0 atom stereocenters. The second-order valence-corrected chi connectivity index (χ2v) is 13.3. The molecule has 9 aromatic rings. The predicted molar refractivity (Wildman–Crippen MR) is 213 cm³/mol. The number of rotatable bonds is 5. The number of nitrogens with one attached hydrogen (secondary N) is 1. The maximum Gasteiger partial charge on any atom is 0.163 e. The molecule has 0 spiro atoms. The number of nitrogens with zero attached hydrogens (tertiary/aromatic N) is 3. The number of hydrogen-bond donors (Lipinski definition) is 1. The first-order valence-electron chi connectivity index (χ1n) is 16.6. The fraction of sp³-hybridized carbons (Fsp3) is 0. The van der Waals surface area contributed by atoms with Crippen LogP contribution in [0.5, 0.6) is 0 Å². The van der Waals surface area contributed by atoms with Crippen molar-refractivity contribution in [2.45, 2.75) is 0 Å². The number of aromatic nitrogens is 1. The molecule has 4 nitrogen and oxygen atoms in total. The molecule has 236 valence electrons. The minimum atomic E-state index is 0.164. The highest BCUT2D eigenvalue weighted by atomic mass is 32.1. The van der Waals surface area contributed by atoms with Crippen molar-refractivity contribution >= 4 is 71.3 Å². The molecule has 9 rings (SSSR count). The number of aliphatic imine (C=N–C) groups is 2. The van der Waals surface area contributed by atoms with E-state index in [-0.39, 0.29) is 5.84 Å². The number of benzene rings is 7. The Morgan fingerprint density at radius 2 is 1.16 bits per heavy atom. The Hall–Kier alpha value is -6.43. The summed E-state index contributed by atoms with van der Waals surface area (Å²) in [6, 6.07) is 58.7. The number of para-hydroxylation sites is 1. The van der Waals surface area contributed by atoms with Gasteiger partial charge in [0, 0.05) is 42.1 Å². The van der Waals surface area contributed by atoms with E-state index >= 15 is 0 Å². The molecule has 0 saturated heterocycles. The van der Waals surface area contributed by atoms with Crippen molar-refractivity contribution in [1.29, 1.82) is 5.41 Å². The van der Waals surface area contributed by atoms with Gasteiger partial charge in [-0.3, -0.25) is 9.98 Å². The lowest BCUT2D eigenvalue weighted by Gasteiger charge is -2.09. The number of thiophene rings is 1. The smallest absolute Gasteiger partial charge is 0.163 e. The van der Waals surface area contributed by atoms with E-state index in [0.717, 1.165) is 44.1 Å². The largest absolute Gasteiger partial charge is 0.300 e. The lowest BCUT2D eigenvalue weighted by Crippen LogP contribution is -2.06. The van der Waals surface area contributed by atoms with E-state index in [4.69, 9.17) is 15.4 Å². The molecule has 0 bridgehead atoms. The molecule has 0 aliphatic heterocycles. The molecule has 0 fully saturated rings. The van der Waals surface area contributed by atoms with Crippen LogP contribution in [0.4, 0.5) is 0 Å². The van der Waals surface area contributed by atoms with Gasteiger partial charge in [-0.25, -0.2) is 9.98 Å². The molecule has 0 unspecified atom stereocenters. The lowest BCUT2D eigenvalue weighted by molar-refractivity contribution is 1.31. The van der Waals surface area contributed by atoms with E-state index in [1.54, 1.807) is 0 Å². The third-order valence-corrected chi connectivity index (χ3v) is 10.4. The molecule has 2 heterocycles. The number of hydrogen-bond acceptors (Lipinski definition) is 2. The highest BCUT2D eigenvalue weighted by Gasteiger charge is 2.14. The van der Waals surface area contributed by atoms with Crippen LogP contribution in [0.2, 0.25) is 0 Å². The molecule has 5 heteroatoms. The Balaban J connectivity index is 1.16. The molecule has 50 heavy (non-hydrogen) atoms. The first-order chi connectivity index (χ1) is 24.7. The molecule has 0 aliphatic rings. The van der Waals surface area contributed by atoms with Crippen molar-refractivity contribution in [1.82, 2.24) is 4.57 Å². The van der Waals surface area contributed by atoms with Gasteiger partial charge in [-0.05, 0) is 46.5 Å². The fourth-order valence-electron chi connectivity index (χ4n) is 6.78. The summed E-state index contributed by atoms with van der Waals surface area (Å²) in [6.45, 7) is 0. The van der Waals surface area contributed by atoms with Gasteiger partial charge in [0.25, 0.3) is 0 Å². The Bertz CT molecular complexity index is 2770. The summed E-state index contributed by atoms with van der Waals surface area (Å²) in [5.74, 6) is 0.641. The summed E-state index contributed by atoms with van der Waals surface area (Å²) < 4.78 is 4.76. The van der Waals surface area contributed by atoms with Gasteiger partial charge < -0.3 is 0 Å². The third kappa shape index (κ3) is 5.30. The zero-order valence-corrected chi connectivity index (χ0v) is 27.8. The maximum absolute atomic E-state index is 8.73. The van der Waals surface area contributed by atoms with Gasteiger partial charge >= 0.3 is 0 Å². The van der Waals surface area contributed by atoms with Crippen LogP contribution in [0.25, 0.3) is 64.2 Å². The maximum atomic E-state index is 8.73. The van der Waals surface area contributed by atoms with Gasteiger partial charge in [0.05, 0.1) is 11.0 Å². The van der Waals surface area contributed by atoms with Crippen molar-refractivity contribution in [3.8, 4) is 22.3 Å². The van der Waals surface area contributed by atoms with E-state index in [1.807, 2.05) is 78.3 Å². The monoisotopic (exact) mass is 658 g/mol. The average Bonchev–Trinajstić information content (AvgIpc) is 3.72. The standard InChI is InChI=1S/C45H30N4S/c46-44(30-13-3-1-4-14-30)48-45(31-15-5-2-6-16-31)47-29-49-40-23-9-7-19-36(40)37-26-25-33(28-41(37)49)32-17-11-18-34(27-32)35-21-12-22-39-38-20-8-10-24-42(38)50-43(35)39/h1-29,46H. The fourth-order valence-corrected chi connectivity index (χ4v) is 8.02. The Kier molecular flexibility index (Phi) is 7.45. The molecular weight excluding hydrogens is 629 g/mol. The van der Waals surface area contributed by atoms with Crippen LogP contribution in [0.1, 0.15) is 11.1 Å². The summed E-state index contributed by atoms with van der Waals surface area (Å²) in [5, 5.41) is 13.6. The van der Waals surface area contributed by atoms with Crippen LogP contribution < -0.4 is 0 Å². The zero-order chi connectivity index (χ0) is 33.4. The third-order valence-electron chi connectivity index (χ3n) is 9.21. The van der Waals surface area contributed by atoms with Crippen molar-refractivity contribution in [2.75, 3.05) is 0 Å². The molecule has 2 aromatic heterocycles. The topological polar surface area (TPSA) is 53.5 Å². The van der Waals surface area contributed by atoms with Gasteiger partial charge in [0.1, 0.15) is 6.34 Å². The summed E-state index contributed by atoms with van der Waals surface area (Å²) >= 11 is 1.86. The minimum Gasteiger partial charge on any atom is -0.300 e. The zero-order valence-electron chi connectivity index (χ0n) is 27.0. The normalized spacial score (nSPS) is 12.1. The van der Waals surface area contributed by atoms with E-state index in [2.05, 4.69) is 114 Å². The average molecular weight is 659 g/mol. The van der Waals surface area contributed by atoms with E-state index < -0.39 is 0 Å². The Labute approximate surface area is 293 Å². The lowest BCUT2D eigenvalue weighted by atomic mass is 9.97. The summed E-state index contributed by atoms with van der Waals surface area (Å²) in [4.78, 5) is 9.66. The Morgan fingerprint density at radius 3 is 2.00 bits per heavy atom. The summed E-state index contributed by atoms with van der Waals surface area (Å²) in [7, 11) is 0.